The molecule has 1 heterocycles. The predicted molar refractivity (Wildman–Crippen MR) is 84.7 cm³/mol. The van der Waals surface area contributed by atoms with Gasteiger partial charge in [-0.3, -0.25) is 9.79 Å². The highest BCUT2D eigenvalue weighted by atomic mass is 16.1. The van der Waals surface area contributed by atoms with Gasteiger partial charge in [-0.05, 0) is 25.5 Å². The van der Waals surface area contributed by atoms with Gasteiger partial charge in [0, 0.05) is 13.5 Å². The Labute approximate surface area is 122 Å². The highest BCUT2D eigenvalue weighted by Crippen LogP contribution is 2.06. The van der Waals surface area contributed by atoms with Crippen molar-refractivity contribution in [3.05, 3.63) is 29.6 Å². The molecule has 0 saturated carbocycles. The van der Waals surface area contributed by atoms with Crippen LogP contribution in [0.3, 0.4) is 0 Å². The van der Waals surface area contributed by atoms with E-state index in [1.165, 1.54) is 39.0 Å². The van der Waals surface area contributed by atoms with Gasteiger partial charge >= 0.3 is 0 Å². The molecule has 0 fully saturated rings. The van der Waals surface area contributed by atoms with Gasteiger partial charge in [-0.2, -0.15) is 0 Å². The van der Waals surface area contributed by atoms with E-state index >= 15 is 0 Å². The first-order chi connectivity index (χ1) is 9.65. The summed E-state index contributed by atoms with van der Waals surface area (Å²) in [6, 6.07) is 5.52. The standard InChI is InChI=1S/C17H26N2O/c1-4-5-6-7-8-9-13-18-14(2)16-11-10-12-17(19-16)15(3)20/h10-12H,4-9,13H2,1-3H3. The van der Waals surface area contributed by atoms with Crippen LogP contribution in [-0.2, 0) is 0 Å². The minimum atomic E-state index is -0.00410. The van der Waals surface area contributed by atoms with E-state index in [0.717, 1.165) is 24.4 Å². The van der Waals surface area contributed by atoms with Crippen LogP contribution in [0, 0.1) is 0 Å². The Bertz CT molecular complexity index is 452. The second kappa shape index (κ2) is 9.40. The van der Waals surface area contributed by atoms with Crippen molar-refractivity contribution in [3.63, 3.8) is 0 Å². The minimum Gasteiger partial charge on any atom is -0.293 e. The molecule has 1 rings (SSSR count). The molecule has 0 aromatic carbocycles. The lowest BCUT2D eigenvalue weighted by Gasteiger charge is -2.03. The van der Waals surface area contributed by atoms with E-state index in [1.807, 2.05) is 19.1 Å². The number of Topliss-reactive ketones (excluding diaryl/α,β-unsaturated/α-hetero) is 1. The van der Waals surface area contributed by atoms with Crippen LogP contribution >= 0.6 is 0 Å². The zero-order valence-electron chi connectivity index (χ0n) is 13.0. The fraction of sp³-hybridized carbons (Fsp3) is 0.588. The van der Waals surface area contributed by atoms with Crippen molar-refractivity contribution >= 4 is 11.5 Å². The number of unbranched alkanes of at least 4 members (excludes halogenated alkanes) is 5. The predicted octanol–water partition coefficient (Wildman–Crippen LogP) is 4.45. The van der Waals surface area contributed by atoms with Crippen LogP contribution in [0.25, 0.3) is 0 Å². The molecule has 3 nitrogen and oxygen atoms in total. The second-order valence-electron chi connectivity index (χ2n) is 5.20. The zero-order valence-corrected chi connectivity index (χ0v) is 13.0. The molecular weight excluding hydrogens is 248 g/mol. The topological polar surface area (TPSA) is 42.3 Å². The number of ketones is 1. The Hall–Kier alpha value is -1.51. The lowest BCUT2D eigenvalue weighted by Crippen LogP contribution is -2.05. The first kappa shape index (κ1) is 16.5. The first-order valence-electron chi connectivity index (χ1n) is 7.64. The summed E-state index contributed by atoms with van der Waals surface area (Å²) in [6.07, 6.45) is 7.65. The third-order valence-electron chi connectivity index (χ3n) is 3.34. The molecule has 1 aromatic heterocycles. The van der Waals surface area contributed by atoms with Crippen LogP contribution in [0.4, 0.5) is 0 Å². The first-order valence-corrected chi connectivity index (χ1v) is 7.64. The van der Waals surface area contributed by atoms with E-state index in [-0.39, 0.29) is 5.78 Å². The number of carbonyl (C=O) groups is 1. The Morgan fingerprint density at radius 2 is 1.70 bits per heavy atom. The molecule has 0 aliphatic heterocycles. The van der Waals surface area contributed by atoms with Gasteiger partial charge in [-0.25, -0.2) is 4.98 Å². The Morgan fingerprint density at radius 1 is 1.05 bits per heavy atom. The molecule has 0 bridgehead atoms. The quantitative estimate of drug-likeness (QED) is 0.379. The van der Waals surface area contributed by atoms with Gasteiger partial charge in [0.05, 0.1) is 11.4 Å². The lowest BCUT2D eigenvalue weighted by molar-refractivity contribution is 0.101. The molecule has 1 aromatic rings. The maximum absolute atomic E-state index is 11.3. The summed E-state index contributed by atoms with van der Waals surface area (Å²) < 4.78 is 0. The average molecular weight is 274 g/mol. The smallest absolute Gasteiger partial charge is 0.178 e. The lowest BCUT2D eigenvalue weighted by atomic mass is 10.1. The number of aromatic nitrogens is 1. The number of hydrogen-bond acceptors (Lipinski definition) is 3. The maximum Gasteiger partial charge on any atom is 0.178 e. The molecule has 0 N–H and O–H groups in total. The Kier molecular flexibility index (Phi) is 7.78. The van der Waals surface area contributed by atoms with Crippen molar-refractivity contribution in [2.75, 3.05) is 6.54 Å². The third kappa shape index (κ3) is 6.09. The van der Waals surface area contributed by atoms with E-state index in [1.54, 1.807) is 6.07 Å². The van der Waals surface area contributed by atoms with Gasteiger partial charge in [-0.1, -0.05) is 45.1 Å². The van der Waals surface area contributed by atoms with Gasteiger partial charge in [0.2, 0.25) is 0 Å². The third-order valence-corrected chi connectivity index (χ3v) is 3.34. The number of pyridine rings is 1. The molecule has 0 amide bonds. The molecule has 0 aliphatic rings. The normalized spacial score (nSPS) is 11.7. The molecule has 0 radical (unpaired) electrons. The monoisotopic (exact) mass is 274 g/mol. The number of carbonyl (C=O) groups excluding carboxylic acids is 1. The largest absolute Gasteiger partial charge is 0.293 e. The molecule has 0 saturated heterocycles. The highest BCUT2D eigenvalue weighted by Gasteiger charge is 2.04. The second-order valence-corrected chi connectivity index (χ2v) is 5.20. The van der Waals surface area contributed by atoms with E-state index in [2.05, 4.69) is 16.9 Å². The van der Waals surface area contributed by atoms with Crippen LogP contribution in [0.15, 0.2) is 23.2 Å². The van der Waals surface area contributed by atoms with Crippen LogP contribution in [0.1, 0.15) is 75.5 Å². The fourth-order valence-corrected chi connectivity index (χ4v) is 2.05. The van der Waals surface area contributed by atoms with Crippen molar-refractivity contribution in [1.29, 1.82) is 0 Å². The van der Waals surface area contributed by atoms with Crippen molar-refractivity contribution in [2.24, 2.45) is 4.99 Å². The number of nitrogens with zero attached hydrogens (tertiary/aromatic N) is 2. The van der Waals surface area contributed by atoms with E-state index in [9.17, 15) is 4.79 Å². The summed E-state index contributed by atoms with van der Waals surface area (Å²) in [5.74, 6) is -0.00410. The van der Waals surface area contributed by atoms with Crippen LogP contribution in [0.5, 0.6) is 0 Å². The minimum absolute atomic E-state index is 0.00410. The van der Waals surface area contributed by atoms with Gasteiger partial charge in [0.15, 0.2) is 5.78 Å². The molecule has 20 heavy (non-hydrogen) atoms. The highest BCUT2D eigenvalue weighted by molar-refractivity contribution is 5.99. The number of aliphatic imine (C=N–C) groups is 1. The van der Waals surface area contributed by atoms with Crippen LogP contribution in [-0.4, -0.2) is 23.0 Å². The number of rotatable bonds is 9. The van der Waals surface area contributed by atoms with E-state index in [0.29, 0.717) is 5.69 Å². The molecule has 3 heteroatoms. The number of hydrogen-bond donors (Lipinski definition) is 0. The van der Waals surface area contributed by atoms with Gasteiger partial charge in [-0.15, -0.1) is 0 Å². The van der Waals surface area contributed by atoms with E-state index in [4.69, 9.17) is 0 Å². The summed E-state index contributed by atoms with van der Waals surface area (Å²) in [5.41, 5.74) is 2.24. The van der Waals surface area contributed by atoms with Crippen molar-refractivity contribution in [2.45, 2.75) is 59.3 Å². The van der Waals surface area contributed by atoms with E-state index < -0.39 is 0 Å². The average Bonchev–Trinajstić information content (AvgIpc) is 2.46. The van der Waals surface area contributed by atoms with Gasteiger partial charge in [0.1, 0.15) is 5.69 Å². The summed E-state index contributed by atoms with van der Waals surface area (Å²) in [5, 5.41) is 0. The summed E-state index contributed by atoms with van der Waals surface area (Å²) in [7, 11) is 0. The zero-order chi connectivity index (χ0) is 14.8. The van der Waals surface area contributed by atoms with Crippen molar-refractivity contribution < 1.29 is 4.79 Å². The van der Waals surface area contributed by atoms with Crippen molar-refractivity contribution in [3.8, 4) is 0 Å². The van der Waals surface area contributed by atoms with Crippen LogP contribution < -0.4 is 0 Å². The van der Waals surface area contributed by atoms with Gasteiger partial charge in [0.25, 0.3) is 0 Å². The van der Waals surface area contributed by atoms with Gasteiger partial charge < -0.3 is 0 Å². The van der Waals surface area contributed by atoms with Crippen molar-refractivity contribution in [1.82, 2.24) is 4.98 Å². The Balaban J connectivity index is 2.40. The molecule has 0 unspecified atom stereocenters. The van der Waals surface area contributed by atoms with Crippen LogP contribution in [0.2, 0.25) is 0 Å². The maximum atomic E-state index is 11.3. The summed E-state index contributed by atoms with van der Waals surface area (Å²) in [4.78, 5) is 20.2. The molecule has 0 atom stereocenters. The summed E-state index contributed by atoms with van der Waals surface area (Å²) in [6.45, 7) is 6.58. The molecular formula is C17H26N2O. The SMILES string of the molecule is CCCCCCCCN=C(C)c1cccc(C(C)=O)n1. The fourth-order valence-electron chi connectivity index (χ4n) is 2.05. The molecule has 0 spiro atoms. The Morgan fingerprint density at radius 3 is 2.40 bits per heavy atom. The molecule has 110 valence electrons. The summed E-state index contributed by atoms with van der Waals surface area (Å²) >= 11 is 0. The molecule has 0 aliphatic carbocycles.